The van der Waals surface area contributed by atoms with Crippen LogP contribution in [0.1, 0.15) is 38.3 Å². The lowest BCUT2D eigenvalue weighted by atomic mass is 9.91. The molecular weight excluding hydrogens is 327 g/mol. The fourth-order valence-corrected chi connectivity index (χ4v) is 3.00. The summed E-state index contributed by atoms with van der Waals surface area (Å²) >= 11 is 0. The predicted octanol–water partition coefficient (Wildman–Crippen LogP) is 2.49. The van der Waals surface area contributed by atoms with Gasteiger partial charge in [-0.15, -0.1) is 0 Å². The van der Waals surface area contributed by atoms with Crippen molar-refractivity contribution < 1.29 is 32.2 Å². The van der Waals surface area contributed by atoms with Gasteiger partial charge in [-0.2, -0.15) is 13.2 Å². The molecule has 24 heavy (non-hydrogen) atoms. The predicted molar refractivity (Wildman–Crippen MR) is 75.5 cm³/mol. The third-order valence-electron chi connectivity index (χ3n) is 3.96. The van der Waals surface area contributed by atoms with E-state index in [0.29, 0.717) is 0 Å². The van der Waals surface area contributed by atoms with Gasteiger partial charge in [0.05, 0.1) is 12.0 Å². The molecule has 1 aromatic rings. The van der Waals surface area contributed by atoms with Crippen LogP contribution in [-0.2, 0) is 31.0 Å². The molecule has 130 valence electrons. The number of hydrogen-bond acceptors (Lipinski definition) is 5. The normalized spacial score (nSPS) is 29.0. The highest BCUT2D eigenvalue weighted by molar-refractivity contribution is 5.97. The third-order valence-corrected chi connectivity index (χ3v) is 3.96. The second-order valence-corrected chi connectivity index (χ2v) is 6.91. The van der Waals surface area contributed by atoms with E-state index >= 15 is 0 Å². The van der Waals surface area contributed by atoms with Crippen molar-refractivity contribution >= 4 is 11.9 Å². The third kappa shape index (κ3) is 2.36. The van der Waals surface area contributed by atoms with Crippen molar-refractivity contribution in [2.75, 3.05) is 0 Å². The van der Waals surface area contributed by atoms with Crippen molar-refractivity contribution in [1.82, 2.24) is 5.32 Å². The topological polar surface area (TPSA) is 74.5 Å². The number of carbonyl (C=O) groups excluding carboxylic acids is 2. The molecule has 0 radical (unpaired) electrons. The summed E-state index contributed by atoms with van der Waals surface area (Å²) in [7, 11) is 0. The largest absolute Gasteiger partial charge is 0.458 e. The Balaban J connectivity index is 2.06. The summed E-state index contributed by atoms with van der Waals surface area (Å²) in [6.07, 6.45) is -5.03. The molecule has 0 spiro atoms. The number of fused-ring (bicyclic) bond motifs is 1. The van der Waals surface area contributed by atoms with Crippen LogP contribution in [0.4, 0.5) is 13.2 Å². The van der Waals surface area contributed by atoms with Crippen molar-refractivity contribution in [3.05, 3.63) is 35.4 Å². The van der Waals surface area contributed by atoms with Crippen LogP contribution in [0.2, 0.25) is 0 Å². The van der Waals surface area contributed by atoms with Gasteiger partial charge in [0.2, 0.25) is 5.72 Å². The number of nitrogens with one attached hydrogen (secondary N) is 1. The van der Waals surface area contributed by atoms with Gasteiger partial charge >= 0.3 is 18.1 Å². The number of benzene rings is 1. The molecule has 2 fully saturated rings. The molecule has 2 aliphatic rings. The molecule has 1 aromatic carbocycles. The summed E-state index contributed by atoms with van der Waals surface area (Å²) in [5, 5.41) is 2.66. The number of halogens is 3. The van der Waals surface area contributed by atoms with Crippen LogP contribution in [0.3, 0.4) is 0 Å². The smallest absolute Gasteiger partial charge is 0.416 e. The molecule has 0 amide bonds. The summed E-state index contributed by atoms with van der Waals surface area (Å²) in [4.78, 5) is 24.3. The van der Waals surface area contributed by atoms with Gasteiger partial charge in [0, 0.05) is 5.56 Å². The minimum Gasteiger partial charge on any atom is -0.458 e. The Morgan fingerprint density at radius 1 is 1.25 bits per heavy atom. The van der Waals surface area contributed by atoms with E-state index in [-0.39, 0.29) is 12.0 Å². The maximum atomic E-state index is 13.3. The van der Waals surface area contributed by atoms with Gasteiger partial charge in [0.25, 0.3) is 0 Å². The Morgan fingerprint density at radius 3 is 2.46 bits per heavy atom. The van der Waals surface area contributed by atoms with Gasteiger partial charge in [-0.3, -0.25) is 10.1 Å². The zero-order valence-corrected chi connectivity index (χ0v) is 13.3. The molecule has 3 rings (SSSR count). The minimum atomic E-state index is -4.65. The van der Waals surface area contributed by atoms with Gasteiger partial charge in [0.1, 0.15) is 5.60 Å². The molecule has 2 aliphatic heterocycles. The molecule has 2 heterocycles. The Hall–Kier alpha value is -2.09. The van der Waals surface area contributed by atoms with Gasteiger partial charge < -0.3 is 9.47 Å². The van der Waals surface area contributed by atoms with Crippen molar-refractivity contribution in [3.8, 4) is 0 Å². The van der Waals surface area contributed by atoms with Gasteiger partial charge in [0.15, 0.2) is 5.54 Å². The Kier molecular flexibility index (Phi) is 3.29. The summed E-state index contributed by atoms with van der Waals surface area (Å²) in [5.41, 5.74) is -5.57. The average molecular weight is 343 g/mol. The molecule has 2 atom stereocenters. The highest BCUT2D eigenvalue weighted by Gasteiger charge is 2.83. The Labute approximate surface area is 136 Å². The number of hydrogen-bond donors (Lipinski definition) is 1. The van der Waals surface area contributed by atoms with Gasteiger partial charge in [-0.1, -0.05) is 18.2 Å². The highest BCUT2D eigenvalue weighted by atomic mass is 19.4. The molecule has 0 aliphatic carbocycles. The van der Waals surface area contributed by atoms with Crippen molar-refractivity contribution in [3.63, 3.8) is 0 Å². The lowest BCUT2D eigenvalue weighted by Crippen LogP contribution is -2.38. The zero-order chi connectivity index (χ0) is 18.0. The summed E-state index contributed by atoms with van der Waals surface area (Å²) in [6, 6.07) is 4.71. The van der Waals surface area contributed by atoms with Crippen LogP contribution in [0.15, 0.2) is 24.3 Å². The number of ether oxygens (including phenoxy) is 2. The molecule has 0 saturated carbocycles. The maximum Gasteiger partial charge on any atom is 0.416 e. The van der Waals surface area contributed by atoms with Crippen LogP contribution < -0.4 is 5.32 Å². The van der Waals surface area contributed by atoms with Gasteiger partial charge in [-0.05, 0) is 26.8 Å². The average Bonchev–Trinajstić information content (AvgIpc) is 2.96. The van der Waals surface area contributed by atoms with Crippen LogP contribution in [0, 0.1) is 0 Å². The first kappa shape index (κ1) is 16.8. The fourth-order valence-electron chi connectivity index (χ4n) is 3.00. The molecule has 2 saturated heterocycles. The second kappa shape index (κ2) is 4.72. The zero-order valence-electron chi connectivity index (χ0n) is 13.3. The van der Waals surface area contributed by atoms with E-state index in [2.05, 4.69) is 5.32 Å². The molecule has 1 N–H and O–H groups in total. The maximum absolute atomic E-state index is 13.3. The van der Waals surface area contributed by atoms with Crippen LogP contribution >= 0.6 is 0 Å². The van der Waals surface area contributed by atoms with E-state index in [4.69, 9.17) is 9.47 Å². The number of rotatable bonds is 2. The van der Waals surface area contributed by atoms with Crippen LogP contribution in [0.5, 0.6) is 0 Å². The second-order valence-electron chi connectivity index (χ2n) is 6.91. The molecular formula is C16H16F3NO4. The summed E-state index contributed by atoms with van der Waals surface area (Å²) in [6.45, 7) is 4.90. The summed E-state index contributed by atoms with van der Waals surface area (Å²) < 4.78 is 50.3. The Morgan fingerprint density at radius 2 is 1.88 bits per heavy atom. The minimum absolute atomic E-state index is 0.297. The lowest BCUT2D eigenvalue weighted by molar-refractivity contribution is -0.159. The summed E-state index contributed by atoms with van der Waals surface area (Å²) in [5.74, 6) is -1.56. The van der Waals surface area contributed by atoms with E-state index < -0.39 is 40.5 Å². The number of esters is 2. The highest BCUT2D eigenvalue weighted by Crippen LogP contribution is 2.58. The van der Waals surface area contributed by atoms with E-state index in [1.54, 1.807) is 20.8 Å². The van der Waals surface area contributed by atoms with Crippen LogP contribution in [-0.4, -0.2) is 23.1 Å². The first-order valence-electron chi connectivity index (χ1n) is 7.33. The molecule has 0 unspecified atom stereocenters. The van der Waals surface area contributed by atoms with Crippen molar-refractivity contribution in [1.29, 1.82) is 0 Å². The monoisotopic (exact) mass is 343 g/mol. The number of alkyl halides is 3. The van der Waals surface area contributed by atoms with Crippen molar-refractivity contribution in [2.24, 2.45) is 0 Å². The van der Waals surface area contributed by atoms with E-state index in [1.165, 1.54) is 18.2 Å². The van der Waals surface area contributed by atoms with E-state index in [0.717, 1.165) is 6.07 Å². The lowest BCUT2D eigenvalue weighted by Gasteiger charge is -2.23. The van der Waals surface area contributed by atoms with Gasteiger partial charge in [-0.25, -0.2) is 4.79 Å². The SMILES string of the molecule is CC(C)(C)OC(=O)[C@@]12CC(=O)O[C@]1(c1ccccc1C(F)(F)F)N2. The van der Waals surface area contributed by atoms with Crippen molar-refractivity contribution in [2.45, 2.75) is 50.2 Å². The quantitative estimate of drug-likeness (QED) is 0.660. The fraction of sp³-hybridized carbons (Fsp3) is 0.500. The van der Waals surface area contributed by atoms with E-state index in [9.17, 15) is 22.8 Å². The Bertz CT molecular complexity index is 725. The molecule has 8 heteroatoms. The molecule has 0 aromatic heterocycles. The number of carbonyl (C=O) groups is 2. The molecule has 5 nitrogen and oxygen atoms in total. The molecule has 0 bridgehead atoms. The van der Waals surface area contributed by atoms with Crippen LogP contribution in [0.25, 0.3) is 0 Å². The van der Waals surface area contributed by atoms with E-state index in [1.807, 2.05) is 0 Å². The first-order chi connectivity index (χ1) is 10.9. The first-order valence-corrected chi connectivity index (χ1v) is 7.33. The standard InChI is InChI=1S/C16H16F3NO4/c1-13(2,3)24-12(22)14-8-11(21)23-15(14,20-14)9-6-4-5-7-10(9)16(17,18)19/h4-7,20H,8H2,1-3H3/t14-,15-/m0/s1.